The molecule has 0 bridgehead atoms. The van der Waals surface area contributed by atoms with E-state index < -0.39 is 11.7 Å². The molecule has 1 aromatic heterocycles. The third-order valence-electron chi connectivity index (χ3n) is 5.27. The van der Waals surface area contributed by atoms with Crippen molar-refractivity contribution in [2.75, 3.05) is 18.5 Å². The SMILES string of the molecule is CCOc1ccc(C2c3cccn3CCN2C(=S)Nc2ccc(C(F)(F)F)cc2)cc1. The number of fused-ring (bicyclic) bond motifs is 1. The Morgan fingerprint density at radius 2 is 1.77 bits per heavy atom. The van der Waals surface area contributed by atoms with E-state index in [1.54, 1.807) is 0 Å². The van der Waals surface area contributed by atoms with Crippen LogP contribution >= 0.6 is 12.2 Å². The smallest absolute Gasteiger partial charge is 0.416 e. The van der Waals surface area contributed by atoms with Gasteiger partial charge in [-0.05, 0) is 73.2 Å². The van der Waals surface area contributed by atoms with Crippen LogP contribution in [0.5, 0.6) is 5.75 Å². The summed E-state index contributed by atoms with van der Waals surface area (Å²) < 4.78 is 46.2. The Morgan fingerprint density at radius 1 is 1.06 bits per heavy atom. The predicted molar refractivity (Wildman–Crippen MR) is 118 cm³/mol. The normalized spacial score (nSPS) is 16.0. The monoisotopic (exact) mass is 445 g/mol. The molecule has 2 heterocycles. The lowest BCUT2D eigenvalue weighted by molar-refractivity contribution is -0.137. The van der Waals surface area contributed by atoms with E-state index in [4.69, 9.17) is 17.0 Å². The largest absolute Gasteiger partial charge is 0.494 e. The highest BCUT2D eigenvalue weighted by Gasteiger charge is 2.32. The van der Waals surface area contributed by atoms with E-state index in [1.165, 1.54) is 12.1 Å². The summed E-state index contributed by atoms with van der Waals surface area (Å²) in [4.78, 5) is 2.07. The summed E-state index contributed by atoms with van der Waals surface area (Å²) in [6.45, 7) is 3.98. The van der Waals surface area contributed by atoms with Crippen molar-refractivity contribution in [1.82, 2.24) is 9.47 Å². The molecule has 1 aliphatic heterocycles. The molecule has 1 aliphatic rings. The molecule has 1 unspecified atom stereocenters. The number of ether oxygens (including phenoxy) is 1. The summed E-state index contributed by atoms with van der Waals surface area (Å²) in [5.41, 5.74) is 1.99. The van der Waals surface area contributed by atoms with Crippen LogP contribution < -0.4 is 10.1 Å². The molecule has 2 aromatic carbocycles. The maximum absolute atomic E-state index is 12.8. The van der Waals surface area contributed by atoms with Gasteiger partial charge >= 0.3 is 6.18 Å². The molecule has 3 aromatic rings. The topological polar surface area (TPSA) is 29.4 Å². The second kappa shape index (κ2) is 8.63. The van der Waals surface area contributed by atoms with Gasteiger partial charge in [0.2, 0.25) is 0 Å². The summed E-state index contributed by atoms with van der Waals surface area (Å²) in [6, 6.07) is 16.8. The van der Waals surface area contributed by atoms with Gasteiger partial charge in [-0.1, -0.05) is 12.1 Å². The summed E-state index contributed by atoms with van der Waals surface area (Å²) in [6.07, 6.45) is -2.32. The second-order valence-electron chi connectivity index (χ2n) is 7.23. The Labute approximate surface area is 184 Å². The summed E-state index contributed by atoms with van der Waals surface area (Å²) in [7, 11) is 0. The van der Waals surface area contributed by atoms with Crippen molar-refractivity contribution < 1.29 is 17.9 Å². The minimum Gasteiger partial charge on any atom is -0.494 e. The van der Waals surface area contributed by atoms with Gasteiger partial charge in [-0.2, -0.15) is 13.2 Å². The molecule has 1 atom stereocenters. The number of alkyl halides is 3. The van der Waals surface area contributed by atoms with Crippen molar-refractivity contribution in [3.63, 3.8) is 0 Å². The maximum atomic E-state index is 12.8. The lowest BCUT2D eigenvalue weighted by Gasteiger charge is -2.39. The Kier molecular flexibility index (Phi) is 5.91. The van der Waals surface area contributed by atoms with Gasteiger partial charge in [0.05, 0.1) is 18.2 Å². The van der Waals surface area contributed by atoms with E-state index in [0.29, 0.717) is 24.0 Å². The molecule has 0 spiro atoms. The highest BCUT2D eigenvalue weighted by atomic mass is 32.1. The Bertz CT molecular complexity index is 1050. The van der Waals surface area contributed by atoms with Gasteiger partial charge in [0.15, 0.2) is 5.11 Å². The Hall–Kier alpha value is -3.00. The number of nitrogens with zero attached hydrogens (tertiary/aromatic N) is 2. The van der Waals surface area contributed by atoms with Crippen LogP contribution in [-0.2, 0) is 12.7 Å². The van der Waals surface area contributed by atoms with E-state index in [9.17, 15) is 13.2 Å². The van der Waals surface area contributed by atoms with Crippen LogP contribution in [0.15, 0.2) is 66.9 Å². The standard InChI is InChI=1S/C23H22F3N3OS/c1-2-30-19-11-5-16(6-12-19)21-20-4-3-13-28(20)14-15-29(21)22(31)27-18-9-7-17(8-10-18)23(24,25)26/h3-13,21H,2,14-15H2,1H3,(H,27,31). The van der Waals surface area contributed by atoms with Gasteiger partial charge in [0, 0.05) is 30.7 Å². The van der Waals surface area contributed by atoms with Crippen LogP contribution in [0.2, 0.25) is 0 Å². The zero-order valence-corrected chi connectivity index (χ0v) is 17.7. The number of aromatic nitrogens is 1. The lowest BCUT2D eigenvalue weighted by atomic mass is 10.00. The first kappa shape index (κ1) is 21.2. The summed E-state index contributed by atoms with van der Waals surface area (Å²) >= 11 is 5.67. The average Bonchev–Trinajstić information content (AvgIpc) is 3.22. The molecule has 0 saturated carbocycles. The van der Waals surface area contributed by atoms with Crippen molar-refractivity contribution in [1.29, 1.82) is 0 Å². The number of rotatable bonds is 4. The van der Waals surface area contributed by atoms with Gasteiger partial charge in [-0.25, -0.2) is 0 Å². The van der Waals surface area contributed by atoms with Crippen LogP contribution in [0.3, 0.4) is 0 Å². The lowest BCUT2D eigenvalue weighted by Crippen LogP contribution is -2.44. The van der Waals surface area contributed by atoms with Gasteiger partial charge in [-0.15, -0.1) is 0 Å². The summed E-state index contributed by atoms with van der Waals surface area (Å²) in [5.74, 6) is 0.800. The fourth-order valence-electron chi connectivity index (χ4n) is 3.80. The molecule has 0 aliphatic carbocycles. The predicted octanol–water partition coefficient (Wildman–Crippen LogP) is 5.71. The van der Waals surface area contributed by atoms with Gasteiger partial charge in [0.1, 0.15) is 5.75 Å². The van der Waals surface area contributed by atoms with Gasteiger partial charge in [-0.3, -0.25) is 0 Å². The van der Waals surface area contributed by atoms with E-state index in [-0.39, 0.29) is 6.04 Å². The highest BCUT2D eigenvalue weighted by Crippen LogP contribution is 2.34. The fraction of sp³-hybridized carbons (Fsp3) is 0.261. The van der Waals surface area contributed by atoms with Crippen LogP contribution in [0.4, 0.5) is 18.9 Å². The third-order valence-corrected chi connectivity index (χ3v) is 5.61. The van der Waals surface area contributed by atoms with E-state index in [1.807, 2.05) is 43.5 Å². The molecule has 0 fully saturated rings. The molecule has 1 N–H and O–H groups in total. The minimum absolute atomic E-state index is 0.117. The van der Waals surface area contributed by atoms with Crippen molar-refractivity contribution in [3.8, 4) is 5.75 Å². The molecule has 162 valence electrons. The van der Waals surface area contributed by atoms with Crippen LogP contribution in [0, 0.1) is 0 Å². The molecule has 8 heteroatoms. The molecule has 0 saturated heterocycles. The first-order valence-corrected chi connectivity index (χ1v) is 10.4. The number of hydrogen-bond donors (Lipinski definition) is 1. The molecule has 0 radical (unpaired) electrons. The molecule has 4 nitrogen and oxygen atoms in total. The summed E-state index contributed by atoms with van der Waals surface area (Å²) in [5, 5.41) is 3.56. The molecule has 4 rings (SSSR count). The third kappa shape index (κ3) is 4.54. The minimum atomic E-state index is -4.37. The number of hydrogen-bond acceptors (Lipinski definition) is 2. The van der Waals surface area contributed by atoms with Crippen molar-refractivity contribution in [3.05, 3.63) is 83.7 Å². The van der Waals surface area contributed by atoms with E-state index in [2.05, 4.69) is 20.9 Å². The Balaban J connectivity index is 1.59. The highest BCUT2D eigenvalue weighted by molar-refractivity contribution is 7.80. The van der Waals surface area contributed by atoms with Gasteiger partial charge < -0.3 is 19.5 Å². The van der Waals surface area contributed by atoms with Crippen LogP contribution in [0.1, 0.15) is 29.8 Å². The maximum Gasteiger partial charge on any atom is 0.416 e. The Morgan fingerprint density at radius 3 is 2.42 bits per heavy atom. The zero-order chi connectivity index (χ0) is 22.0. The number of anilines is 1. The number of thiocarbonyl (C=S) groups is 1. The second-order valence-corrected chi connectivity index (χ2v) is 7.62. The first-order valence-electron chi connectivity index (χ1n) is 9.99. The molecule has 31 heavy (non-hydrogen) atoms. The van der Waals surface area contributed by atoms with E-state index in [0.717, 1.165) is 35.7 Å². The van der Waals surface area contributed by atoms with Crippen molar-refractivity contribution >= 4 is 23.0 Å². The van der Waals surface area contributed by atoms with Crippen LogP contribution in [0.25, 0.3) is 0 Å². The molecular formula is C23H22F3N3OS. The van der Waals surface area contributed by atoms with Crippen molar-refractivity contribution in [2.45, 2.75) is 25.7 Å². The number of halogens is 3. The molecular weight excluding hydrogens is 423 g/mol. The first-order chi connectivity index (χ1) is 14.9. The fourth-order valence-corrected chi connectivity index (χ4v) is 4.12. The molecule has 0 amide bonds. The number of benzene rings is 2. The van der Waals surface area contributed by atoms with Gasteiger partial charge in [0.25, 0.3) is 0 Å². The van der Waals surface area contributed by atoms with E-state index >= 15 is 0 Å². The average molecular weight is 446 g/mol. The van der Waals surface area contributed by atoms with Crippen molar-refractivity contribution in [2.24, 2.45) is 0 Å². The van der Waals surface area contributed by atoms with Crippen LogP contribution in [-0.4, -0.2) is 27.7 Å². The number of nitrogens with one attached hydrogen (secondary N) is 1. The zero-order valence-electron chi connectivity index (χ0n) is 16.9. The quantitative estimate of drug-likeness (QED) is 0.521.